The summed E-state index contributed by atoms with van der Waals surface area (Å²) in [6.45, 7) is 6.69. The summed E-state index contributed by atoms with van der Waals surface area (Å²) in [7, 11) is 1.71. The molecule has 2 aliphatic rings. The molecule has 1 saturated heterocycles. The molecular weight excluding hydrogens is 324 g/mol. The van der Waals surface area contributed by atoms with Gasteiger partial charge in [-0.1, -0.05) is 13.0 Å². The first-order valence-electron chi connectivity index (χ1n) is 10.3. The zero-order valence-corrected chi connectivity index (χ0v) is 16.4. The summed E-state index contributed by atoms with van der Waals surface area (Å²) in [5, 5.41) is 3.14. The van der Waals surface area contributed by atoms with E-state index in [0.29, 0.717) is 12.3 Å². The molecule has 1 fully saturated rings. The molecule has 0 saturated carbocycles. The van der Waals surface area contributed by atoms with E-state index >= 15 is 0 Å². The molecule has 0 aromatic heterocycles. The van der Waals surface area contributed by atoms with Crippen LogP contribution in [0.4, 0.5) is 0 Å². The molecule has 3 rings (SSSR count). The minimum atomic E-state index is 0.200. The van der Waals surface area contributed by atoms with Gasteiger partial charge in [0.25, 0.3) is 0 Å². The van der Waals surface area contributed by atoms with E-state index in [1.807, 2.05) is 6.07 Å². The maximum atomic E-state index is 12.4. The van der Waals surface area contributed by atoms with Crippen LogP contribution in [-0.4, -0.2) is 44.1 Å². The molecule has 1 unspecified atom stereocenters. The number of rotatable bonds is 7. The Bertz CT molecular complexity index is 594. The summed E-state index contributed by atoms with van der Waals surface area (Å²) >= 11 is 0. The first kappa shape index (κ1) is 19.2. The average molecular weight is 359 g/mol. The molecule has 1 heterocycles. The number of benzene rings is 1. The van der Waals surface area contributed by atoms with Crippen LogP contribution in [0.15, 0.2) is 18.2 Å². The Hall–Kier alpha value is -1.55. The maximum absolute atomic E-state index is 12.4. The van der Waals surface area contributed by atoms with Crippen LogP contribution >= 0.6 is 0 Å². The fraction of sp³-hybridized carbons (Fsp3) is 0.682. The highest BCUT2D eigenvalue weighted by molar-refractivity contribution is 5.77. The molecule has 1 aliphatic heterocycles. The fourth-order valence-corrected chi connectivity index (χ4v) is 4.34. The van der Waals surface area contributed by atoms with E-state index in [0.717, 1.165) is 50.4 Å². The van der Waals surface area contributed by atoms with Crippen LogP contribution in [0.3, 0.4) is 0 Å². The van der Waals surface area contributed by atoms with Gasteiger partial charge in [0, 0.05) is 13.0 Å². The molecule has 0 bridgehead atoms. The van der Waals surface area contributed by atoms with E-state index in [1.165, 1.54) is 37.1 Å². The molecule has 1 aromatic carbocycles. The van der Waals surface area contributed by atoms with Crippen LogP contribution in [0.2, 0.25) is 0 Å². The van der Waals surface area contributed by atoms with E-state index < -0.39 is 0 Å². The Labute approximate surface area is 158 Å². The summed E-state index contributed by atoms with van der Waals surface area (Å²) in [5.74, 6) is 2.35. The maximum Gasteiger partial charge on any atom is 0.220 e. The first-order chi connectivity index (χ1) is 12.7. The Balaban J connectivity index is 1.40. The van der Waals surface area contributed by atoms with Crippen LogP contribution in [0.1, 0.15) is 62.5 Å². The normalized spacial score (nSPS) is 21.2. The quantitative estimate of drug-likeness (QED) is 0.755. The van der Waals surface area contributed by atoms with Crippen molar-refractivity contribution in [1.82, 2.24) is 10.2 Å². The van der Waals surface area contributed by atoms with Crippen molar-refractivity contribution < 1.29 is 9.53 Å². The second kappa shape index (κ2) is 9.40. The molecule has 4 nitrogen and oxygen atoms in total. The SMILES string of the molecule is COc1ccc2c(c1)CCCC2CC(=O)NCCCN1CCC(C)CC1. The fourth-order valence-electron chi connectivity index (χ4n) is 4.34. The molecule has 1 N–H and O–H groups in total. The number of likely N-dealkylation sites (tertiary alicyclic amines) is 1. The molecule has 26 heavy (non-hydrogen) atoms. The van der Waals surface area contributed by atoms with Crippen LogP contribution in [0, 0.1) is 5.92 Å². The average Bonchev–Trinajstić information content (AvgIpc) is 2.66. The number of amides is 1. The standard InChI is InChI=1S/C22H34N2O2/c1-17-9-13-24(14-10-17)12-4-11-23-22(25)16-19-6-3-5-18-15-20(26-2)7-8-21(18)19/h7-8,15,17,19H,3-6,9-14,16H2,1-2H3,(H,23,25). The van der Waals surface area contributed by atoms with Gasteiger partial charge in [0.1, 0.15) is 5.75 Å². The van der Waals surface area contributed by atoms with Gasteiger partial charge >= 0.3 is 0 Å². The summed E-state index contributed by atoms with van der Waals surface area (Å²) in [4.78, 5) is 14.9. The van der Waals surface area contributed by atoms with Crippen LogP contribution in [0.5, 0.6) is 5.75 Å². The summed E-state index contributed by atoms with van der Waals surface area (Å²) in [6.07, 6.45) is 7.67. The topological polar surface area (TPSA) is 41.6 Å². The lowest BCUT2D eigenvalue weighted by molar-refractivity contribution is -0.121. The van der Waals surface area contributed by atoms with Crippen molar-refractivity contribution in [3.8, 4) is 5.75 Å². The van der Waals surface area contributed by atoms with Gasteiger partial charge < -0.3 is 15.0 Å². The lowest BCUT2D eigenvalue weighted by atomic mass is 9.81. The highest BCUT2D eigenvalue weighted by Gasteiger charge is 2.23. The van der Waals surface area contributed by atoms with E-state index in [-0.39, 0.29) is 5.91 Å². The Morgan fingerprint density at radius 2 is 2.08 bits per heavy atom. The van der Waals surface area contributed by atoms with Crippen LogP contribution in [-0.2, 0) is 11.2 Å². The summed E-state index contributed by atoms with van der Waals surface area (Å²) in [5.41, 5.74) is 2.70. The number of hydrogen-bond acceptors (Lipinski definition) is 3. The van der Waals surface area contributed by atoms with Gasteiger partial charge in [-0.3, -0.25) is 4.79 Å². The summed E-state index contributed by atoms with van der Waals surface area (Å²) < 4.78 is 5.33. The molecular formula is C22H34N2O2. The van der Waals surface area contributed by atoms with Gasteiger partial charge in [-0.25, -0.2) is 0 Å². The third kappa shape index (κ3) is 5.23. The van der Waals surface area contributed by atoms with Crippen LogP contribution < -0.4 is 10.1 Å². The van der Waals surface area contributed by atoms with Crippen molar-refractivity contribution in [3.05, 3.63) is 29.3 Å². The smallest absolute Gasteiger partial charge is 0.220 e. The lowest BCUT2D eigenvalue weighted by Crippen LogP contribution is -2.35. The van der Waals surface area contributed by atoms with Crippen molar-refractivity contribution in [1.29, 1.82) is 0 Å². The molecule has 1 aromatic rings. The van der Waals surface area contributed by atoms with E-state index in [1.54, 1.807) is 7.11 Å². The number of hydrogen-bond donors (Lipinski definition) is 1. The Morgan fingerprint density at radius 3 is 2.85 bits per heavy atom. The monoisotopic (exact) mass is 358 g/mol. The third-order valence-corrected chi connectivity index (χ3v) is 6.07. The van der Waals surface area contributed by atoms with Crippen molar-refractivity contribution in [2.75, 3.05) is 33.3 Å². The number of nitrogens with one attached hydrogen (secondary N) is 1. The number of aryl methyl sites for hydroxylation is 1. The Kier molecular flexibility index (Phi) is 6.95. The van der Waals surface area contributed by atoms with Gasteiger partial charge in [-0.05, 0) is 93.3 Å². The van der Waals surface area contributed by atoms with E-state index in [9.17, 15) is 4.79 Å². The second-order valence-electron chi connectivity index (χ2n) is 8.09. The minimum Gasteiger partial charge on any atom is -0.497 e. The Morgan fingerprint density at radius 1 is 1.27 bits per heavy atom. The number of carbonyl (C=O) groups excluding carboxylic acids is 1. The number of fused-ring (bicyclic) bond motifs is 1. The van der Waals surface area contributed by atoms with Gasteiger partial charge in [0.2, 0.25) is 5.91 Å². The first-order valence-corrected chi connectivity index (χ1v) is 10.3. The minimum absolute atomic E-state index is 0.200. The highest BCUT2D eigenvalue weighted by Crippen LogP contribution is 2.35. The largest absolute Gasteiger partial charge is 0.497 e. The predicted molar refractivity (Wildman–Crippen MR) is 106 cm³/mol. The van der Waals surface area contributed by atoms with Crippen LogP contribution in [0.25, 0.3) is 0 Å². The highest BCUT2D eigenvalue weighted by atomic mass is 16.5. The third-order valence-electron chi connectivity index (χ3n) is 6.07. The molecule has 0 spiro atoms. The molecule has 4 heteroatoms. The number of nitrogens with zero attached hydrogens (tertiary/aromatic N) is 1. The van der Waals surface area contributed by atoms with E-state index in [2.05, 4.69) is 29.3 Å². The lowest BCUT2D eigenvalue weighted by Gasteiger charge is -2.30. The van der Waals surface area contributed by atoms with Crippen molar-refractivity contribution >= 4 is 5.91 Å². The van der Waals surface area contributed by atoms with Gasteiger partial charge in [-0.2, -0.15) is 0 Å². The van der Waals surface area contributed by atoms with Gasteiger partial charge in [0.15, 0.2) is 0 Å². The predicted octanol–water partition coefficient (Wildman–Crippen LogP) is 3.74. The number of piperidine rings is 1. The van der Waals surface area contributed by atoms with E-state index in [4.69, 9.17) is 4.74 Å². The molecule has 144 valence electrons. The van der Waals surface area contributed by atoms with Crippen molar-refractivity contribution in [3.63, 3.8) is 0 Å². The zero-order chi connectivity index (χ0) is 18.4. The number of carbonyl (C=O) groups is 1. The number of methoxy groups -OCH3 is 1. The molecule has 1 atom stereocenters. The summed E-state index contributed by atoms with van der Waals surface area (Å²) in [6, 6.07) is 6.32. The molecule has 1 aliphatic carbocycles. The van der Waals surface area contributed by atoms with Crippen molar-refractivity contribution in [2.24, 2.45) is 5.92 Å². The molecule has 1 amide bonds. The van der Waals surface area contributed by atoms with Crippen molar-refractivity contribution in [2.45, 2.75) is 57.8 Å². The molecule has 0 radical (unpaired) electrons. The second-order valence-corrected chi connectivity index (χ2v) is 8.09. The zero-order valence-electron chi connectivity index (χ0n) is 16.4. The van der Waals surface area contributed by atoms with Gasteiger partial charge in [-0.15, -0.1) is 0 Å². The number of ether oxygens (including phenoxy) is 1. The van der Waals surface area contributed by atoms with Gasteiger partial charge in [0.05, 0.1) is 7.11 Å².